The molecule has 0 bridgehead atoms. The van der Waals surface area contributed by atoms with Crippen molar-refractivity contribution in [1.29, 1.82) is 0 Å². The van der Waals surface area contributed by atoms with E-state index in [4.69, 9.17) is 12.2 Å². The molecule has 0 aromatic heterocycles. The normalized spacial score (nSPS) is 15.3. The number of unbranched alkanes of at least 4 members (excludes halogenated alkanes) is 2. The van der Waals surface area contributed by atoms with Crippen LogP contribution >= 0.6 is 39.9 Å². The largest absolute Gasteiger partial charge is 0.507 e. The van der Waals surface area contributed by atoms with Crippen molar-refractivity contribution < 1.29 is 27.9 Å². The van der Waals surface area contributed by atoms with E-state index in [2.05, 4.69) is 21.2 Å². The monoisotopic (exact) mass is 572 g/mol. The summed E-state index contributed by atoms with van der Waals surface area (Å²) < 4.78 is 40.3. The van der Waals surface area contributed by atoms with Gasteiger partial charge in [-0.3, -0.25) is 14.5 Å². The molecule has 34 heavy (non-hydrogen) atoms. The maximum absolute atomic E-state index is 13.0. The molecular weight excluding hydrogens is 553 g/mol. The van der Waals surface area contributed by atoms with Gasteiger partial charge in [0.1, 0.15) is 10.1 Å². The summed E-state index contributed by atoms with van der Waals surface area (Å²) in [6.07, 6.45) is -1.28. The first kappa shape index (κ1) is 26.2. The Labute approximate surface area is 212 Å². The Morgan fingerprint density at radius 1 is 1.18 bits per heavy atom. The molecule has 0 unspecified atom stereocenters. The summed E-state index contributed by atoms with van der Waals surface area (Å²) in [6.45, 7) is 0.366. The number of para-hydroxylation sites is 1. The summed E-state index contributed by atoms with van der Waals surface area (Å²) >= 11 is 9.78. The van der Waals surface area contributed by atoms with Crippen molar-refractivity contribution in [3.63, 3.8) is 0 Å². The van der Waals surface area contributed by atoms with Gasteiger partial charge in [0, 0.05) is 23.0 Å². The predicted octanol–water partition coefficient (Wildman–Crippen LogP) is 6.57. The SMILES string of the molecule is O=C(CCCCCN1C(=O)/C(=C/c2cc(Br)ccc2O)SC1=S)Nc1ccccc1C(F)(F)F. The molecule has 0 spiro atoms. The van der Waals surface area contributed by atoms with Gasteiger partial charge in [0.25, 0.3) is 5.91 Å². The number of hydrogen-bond donors (Lipinski definition) is 2. The molecule has 11 heteroatoms. The molecule has 0 aliphatic carbocycles. The highest BCUT2D eigenvalue weighted by atomic mass is 79.9. The first-order chi connectivity index (χ1) is 16.1. The average molecular weight is 573 g/mol. The van der Waals surface area contributed by atoms with E-state index in [0.29, 0.717) is 40.6 Å². The molecule has 5 nitrogen and oxygen atoms in total. The van der Waals surface area contributed by atoms with Crippen LogP contribution in [0.4, 0.5) is 18.9 Å². The third kappa shape index (κ3) is 6.83. The minimum absolute atomic E-state index is 0.0459. The number of nitrogens with zero attached hydrogens (tertiary/aromatic N) is 1. The van der Waals surface area contributed by atoms with Crippen LogP contribution in [0, 0.1) is 0 Å². The third-order valence-corrected chi connectivity index (χ3v) is 6.81. The zero-order chi connectivity index (χ0) is 24.9. The van der Waals surface area contributed by atoms with Crippen molar-refractivity contribution in [2.75, 3.05) is 11.9 Å². The molecule has 1 aliphatic rings. The standard InChI is InChI=1S/C23H20BrF3N2O3S2/c24-15-9-10-18(30)14(12-15)13-19-21(32)29(22(33)34-19)11-5-1-2-8-20(31)28-17-7-4-3-6-16(17)23(25,26)27/h3-4,6-7,9-10,12-13,30H,1-2,5,8,11H2,(H,28,31)/b19-13-. The van der Waals surface area contributed by atoms with E-state index >= 15 is 0 Å². The quantitative estimate of drug-likeness (QED) is 0.212. The molecule has 2 aromatic carbocycles. The highest BCUT2D eigenvalue weighted by Gasteiger charge is 2.34. The van der Waals surface area contributed by atoms with Crippen molar-refractivity contribution >= 4 is 67.8 Å². The van der Waals surface area contributed by atoms with Gasteiger partial charge < -0.3 is 10.4 Å². The van der Waals surface area contributed by atoms with Crippen LogP contribution in [0.3, 0.4) is 0 Å². The Kier molecular flexibility index (Phi) is 8.78. The molecule has 0 atom stereocenters. The van der Waals surface area contributed by atoms with Gasteiger partial charge >= 0.3 is 6.18 Å². The Bertz CT molecular complexity index is 1140. The molecule has 180 valence electrons. The van der Waals surface area contributed by atoms with Crippen LogP contribution in [0.2, 0.25) is 0 Å². The number of carbonyl (C=O) groups excluding carboxylic acids is 2. The van der Waals surface area contributed by atoms with Crippen LogP contribution in [0.15, 0.2) is 51.8 Å². The lowest BCUT2D eigenvalue weighted by Gasteiger charge is -2.14. The third-order valence-electron chi connectivity index (χ3n) is 4.94. The van der Waals surface area contributed by atoms with E-state index in [1.54, 1.807) is 18.2 Å². The van der Waals surface area contributed by atoms with Gasteiger partial charge in [0.2, 0.25) is 5.91 Å². The summed E-state index contributed by atoms with van der Waals surface area (Å²) in [7, 11) is 0. The van der Waals surface area contributed by atoms with Crippen LogP contribution in [0.1, 0.15) is 36.8 Å². The first-order valence-corrected chi connectivity index (χ1v) is 12.3. The smallest absolute Gasteiger partial charge is 0.418 e. The lowest BCUT2D eigenvalue weighted by Crippen LogP contribution is -2.29. The van der Waals surface area contributed by atoms with E-state index in [1.165, 1.54) is 29.2 Å². The Hall–Kier alpha value is -2.37. The van der Waals surface area contributed by atoms with Crippen LogP contribution in [0.5, 0.6) is 5.75 Å². The number of benzene rings is 2. The number of rotatable bonds is 8. The first-order valence-electron chi connectivity index (χ1n) is 10.3. The van der Waals surface area contributed by atoms with Gasteiger partial charge in [-0.25, -0.2) is 0 Å². The topological polar surface area (TPSA) is 69.6 Å². The molecule has 1 aliphatic heterocycles. The number of anilines is 1. The number of halogens is 4. The number of amides is 2. The lowest BCUT2D eigenvalue weighted by molar-refractivity contribution is -0.137. The zero-order valence-corrected chi connectivity index (χ0v) is 20.9. The second kappa shape index (κ2) is 11.4. The van der Waals surface area contributed by atoms with Gasteiger partial charge in [-0.2, -0.15) is 13.2 Å². The fourth-order valence-electron chi connectivity index (χ4n) is 3.26. The van der Waals surface area contributed by atoms with Crippen molar-refractivity contribution in [3.05, 3.63) is 63.0 Å². The molecule has 3 rings (SSSR count). The summed E-state index contributed by atoms with van der Waals surface area (Å²) in [5.74, 6) is -0.709. The second-order valence-electron chi connectivity index (χ2n) is 7.44. The summed E-state index contributed by atoms with van der Waals surface area (Å²) in [4.78, 5) is 26.7. The van der Waals surface area contributed by atoms with Crippen LogP contribution in [-0.4, -0.2) is 32.7 Å². The van der Waals surface area contributed by atoms with Crippen molar-refractivity contribution in [2.24, 2.45) is 0 Å². The van der Waals surface area contributed by atoms with Gasteiger partial charge in [0.05, 0.1) is 16.2 Å². The van der Waals surface area contributed by atoms with Gasteiger partial charge in [-0.1, -0.05) is 58.5 Å². The fourth-order valence-corrected chi connectivity index (χ4v) is 4.94. The maximum Gasteiger partial charge on any atom is 0.418 e. The minimum atomic E-state index is -4.55. The van der Waals surface area contributed by atoms with Crippen molar-refractivity contribution in [1.82, 2.24) is 4.90 Å². The number of phenolic OH excluding ortho intramolecular Hbond substituents is 1. The minimum Gasteiger partial charge on any atom is -0.507 e. The van der Waals surface area contributed by atoms with Gasteiger partial charge in [-0.05, 0) is 49.2 Å². The van der Waals surface area contributed by atoms with E-state index in [9.17, 15) is 27.9 Å². The summed E-state index contributed by atoms with van der Waals surface area (Å²) in [5, 5.41) is 12.3. The van der Waals surface area contributed by atoms with Crippen LogP contribution < -0.4 is 5.32 Å². The van der Waals surface area contributed by atoms with Crippen molar-refractivity contribution in [2.45, 2.75) is 31.9 Å². The number of thiocarbonyl (C=S) groups is 1. The number of carbonyl (C=O) groups is 2. The molecule has 1 fully saturated rings. The number of alkyl halides is 3. The molecule has 2 aromatic rings. The van der Waals surface area contributed by atoms with Crippen molar-refractivity contribution in [3.8, 4) is 5.75 Å². The van der Waals surface area contributed by atoms with Gasteiger partial charge in [-0.15, -0.1) is 0 Å². The van der Waals surface area contributed by atoms with E-state index in [0.717, 1.165) is 22.3 Å². The molecule has 2 N–H and O–H groups in total. The number of nitrogens with one attached hydrogen (secondary N) is 1. The number of aromatic hydroxyl groups is 1. The number of thioether (sulfide) groups is 1. The van der Waals surface area contributed by atoms with Gasteiger partial charge in [0.15, 0.2) is 0 Å². The maximum atomic E-state index is 13.0. The van der Waals surface area contributed by atoms with E-state index in [-0.39, 0.29) is 23.8 Å². The second-order valence-corrected chi connectivity index (χ2v) is 10.0. The summed E-state index contributed by atoms with van der Waals surface area (Å²) in [6, 6.07) is 9.74. The molecule has 1 saturated heterocycles. The fraction of sp³-hybridized carbons (Fsp3) is 0.261. The highest BCUT2D eigenvalue weighted by molar-refractivity contribution is 9.10. The average Bonchev–Trinajstić information content (AvgIpc) is 3.03. The Morgan fingerprint density at radius 2 is 1.91 bits per heavy atom. The van der Waals surface area contributed by atoms with Crippen LogP contribution in [0.25, 0.3) is 6.08 Å². The summed E-state index contributed by atoms with van der Waals surface area (Å²) in [5.41, 5.74) is -0.657. The molecular formula is C23H20BrF3N2O3S2. The number of phenols is 1. The van der Waals surface area contributed by atoms with Crippen LogP contribution in [-0.2, 0) is 15.8 Å². The predicted molar refractivity (Wildman–Crippen MR) is 134 cm³/mol. The highest BCUT2D eigenvalue weighted by Crippen LogP contribution is 2.36. The molecule has 0 saturated carbocycles. The van der Waals surface area contributed by atoms with E-state index < -0.39 is 17.6 Å². The number of hydrogen-bond acceptors (Lipinski definition) is 5. The van der Waals surface area contributed by atoms with E-state index in [1.807, 2.05) is 0 Å². The molecule has 1 heterocycles. The Balaban J connectivity index is 1.47. The molecule has 0 radical (unpaired) electrons. The molecule has 2 amide bonds. The zero-order valence-electron chi connectivity index (χ0n) is 17.7. The lowest BCUT2D eigenvalue weighted by atomic mass is 10.1. The Morgan fingerprint density at radius 3 is 2.65 bits per heavy atom.